The molecule has 2 amide bonds. The van der Waals surface area contributed by atoms with Crippen LogP contribution in [0.2, 0.25) is 5.02 Å². The number of para-hydroxylation sites is 1. The standard InChI is InChI=1S/C25H24ClN3O4S2/c1-15-6-9-21-18(12-15)13-22(34-21)25(31)28-27-24(30)17-7-8-19(26)23(14-17)35(32,33)29-11-10-16-4-2-3-5-20(16)29/h2-5,7-8,13-15H,6,9-12H2,1H3,(H,27,30)(H,28,31)/t15-/m0/s1. The zero-order valence-electron chi connectivity index (χ0n) is 19.0. The molecule has 1 aliphatic carbocycles. The van der Waals surface area contributed by atoms with E-state index < -0.39 is 21.8 Å². The summed E-state index contributed by atoms with van der Waals surface area (Å²) in [6.45, 7) is 2.50. The molecule has 5 rings (SSSR count). The number of hydrazine groups is 1. The summed E-state index contributed by atoms with van der Waals surface area (Å²) < 4.78 is 28.1. The van der Waals surface area contributed by atoms with Gasteiger partial charge in [-0.3, -0.25) is 24.7 Å². The van der Waals surface area contributed by atoms with E-state index >= 15 is 0 Å². The van der Waals surface area contributed by atoms with Gasteiger partial charge < -0.3 is 0 Å². The van der Waals surface area contributed by atoms with Crippen LogP contribution in [0.25, 0.3) is 0 Å². The molecular weight excluding hydrogens is 506 g/mol. The fourth-order valence-electron chi connectivity index (χ4n) is 4.58. The van der Waals surface area contributed by atoms with Gasteiger partial charge in [-0.2, -0.15) is 0 Å². The first-order valence-corrected chi connectivity index (χ1v) is 14.0. The van der Waals surface area contributed by atoms with Gasteiger partial charge in [-0.25, -0.2) is 8.42 Å². The van der Waals surface area contributed by atoms with Gasteiger partial charge in [-0.05, 0) is 73.1 Å². The molecule has 2 aliphatic rings. The van der Waals surface area contributed by atoms with Gasteiger partial charge in [0.1, 0.15) is 4.90 Å². The lowest BCUT2D eigenvalue weighted by Crippen LogP contribution is -2.41. The monoisotopic (exact) mass is 529 g/mol. The van der Waals surface area contributed by atoms with Crippen LogP contribution in [-0.2, 0) is 29.3 Å². The number of hydrogen-bond donors (Lipinski definition) is 2. The first kappa shape index (κ1) is 23.8. The number of carbonyl (C=O) groups excluding carboxylic acids is 2. The number of nitrogens with one attached hydrogen (secondary N) is 2. The van der Waals surface area contributed by atoms with Crippen molar-refractivity contribution in [2.24, 2.45) is 5.92 Å². The number of aryl methyl sites for hydroxylation is 1. The van der Waals surface area contributed by atoms with Gasteiger partial charge in [0.05, 0.1) is 15.6 Å². The van der Waals surface area contributed by atoms with Crippen LogP contribution in [-0.4, -0.2) is 26.8 Å². The molecular formula is C25H24ClN3O4S2. The fraction of sp³-hybridized carbons (Fsp3) is 0.280. The lowest BCUT2D eigenvalue weighted by Gasteiger charge is -2.20. The van der Waals surface area contributed by atoms with Crippen molar-refractivity contribution in [2.45, 2.75) is 37.5 Å². The minimum Gasteiger partial charge on any atom is -0.267 e. The number of carbonyl (C=O) groups is 2. The van der Waals surface area contributed by atoms with Crippen LogP contribution in [0.3, 0.4) is 0 Å². The molecule has 2 heterocycles. The second-order valence-corrected chi connectivity index (χ2v) is 12.3. The Bertz CT molecular complexity index is 1430. The highest BCUT2D eigenvalue weighted by molar-refractivity contribution is 7.93. The Kier molecular flexibility index (Phi) is 6.33. The molecule has 0 saturated carbocycles. The summed E-state index contributed by atoms with van der Waals surface area (Å²) in [5.74, 6) is -0.443. The number of nitrogens with zero attached hydrogens (tertiary/aromatic N) is 1. The Labute approximate surface area is 213 Å². The zero-order valence-corrected chi connectivity index (χ0v) is 21.4. The van der Waals surface area contributed by atoms with Gasteiger partial charge in [-0.1, -0.05) is 36.7 Å². The molecule has 1 aliphatic heterocycles. The number of benzene rings is 2. The molecule has 0 spiro atoms. The van der Waals surface area contributed by atoms with Crippen LogP contribution in [0.15, 0.2) is 53.4 Å². The Morgan fingerprint density at radius 2 is 1.80 bits per heavy atom. The van der Waals surface area contributed by atoms with E-state index in [0.29, 0.717) is 29.4 Å². The van der Waals surface area contributed by atoms with Crippen LogP contribution in [0.5, 0.6) is 0 Å². The van der Waals surface area contributed by atoms with Crippen LogP contribution in [0.4, 0.5) is 5.69 Å². The van der Waals surface area contributed by atoms with E-state index in [4.69, 9.17) is 11.6 Å². The maximum absolute atomic E-state index is 13.4. The van der Waals surface area contributed by atoms with Gasteiger partial charge in [0.15, 0.2) is 0 Å². The molecule has 2 N–H and O–H groups in total. The highest BCUT2D eigenvalue weighted by atomic mass is 35.5. The molecule has 3 aromatic rings. The topological polar surface area (TPSA) is 95.6 Å². The van der Waals surface area contributed by atoms with E-state index in [-0.39, 0.29) is 15.5 Å². The van der Waals surface area contributed by atoms with Crippen molar-refractivity contribution in [3.8, 4) is 0 Å². The minimum atomic E-state index is -3.98. The first-order valence-electron chi connectivity index (χ1n) is 11.4. The Balaban J connectivity index is 1.32. The van der Waals surface area contributed by atoms with E-state index in [1.54, 1.807) is 12.1 Å². The summed E-state index contributed by atoms with van der Waals surface area (Å²) in [6.07, 6.45) is 3.62. The van der Waals surface area contributed by atoms with Crippen molar-refractivity contribution >= 4 is 50.5 Å². The van der Waals surface area contributed by atoms with Gasteiger partial charge in [0.25, 0.3) is 21.8 Å². The summed E-state index contributed by atoms with van der Waals surface area (Å²) in [6, 6.07) is 13.2. The number of fused-ring (bicyclic) bond motifs is 2. The number of halogens is 1. The van der Waals surface area contributed by atoms with Gasteiger partial charge >= 0.3 is 0 Å². The number of amides is 2. The van der Waals surface area contributed by atoms with E-state index in [0.717, 1.165) is 24.8 Å². The number of rotatable bonds is 4. The molecule has 10 heteroatoms. The molecule has 1 aromatic heterocycles. The molecule has 7 nitrogen and oxygen atoms in total. The third-order valence-corrected chi connectivity index (χ3v) is 9.98. The van der Waals surface area contributed by atoms with Crippen molar-refractivity contribution in [1.29, 1.82) is 0 Å². The predicted molar refractivity (Wildman–Crippen MR) is 137 cm³/mol. The largest absolute Gasteiger partial charge is 0.279 e. The summed E-state index contributed by atoms with van der Waals surface area (Å²) in [4.78, 5) is 27.0. The predicted octanol–water partition coefficient (Wildman–Crippen LogP) is 4.35. The van der Waals surface area contributed by atoms with Crippen LogP contribution in [0, 0.1) is 5.92 Å². The summed E-state index contributed by atoms with van der Waals surface area (Å²) in [5, 5.41) is 0.0216. The van der Waals surface area contributed by atoms with Gasteiger partial charge in [0, 0.05) is 17.0 Å². The Morgan fingerprint density at radius 3 is 2.63 bits per heavy atom. The lowest BCUT2D eigenvalue weighted by molar-refractivity contribution is 0.0848. The van der Waals surface area contributed by atoms with E-state index in [2.05, 4.69) is 17.8 Å². The quantitative estimate of drug-likeness (QED) is 0.491. The minimum absolute atomic E-state index is 0.0216. The number of hydrogen-bond acceptors (Lipinski definition) is 5. The molecule has 2 aromatic carbocycles. The molecule has 182 valence electrons. The average molecular weight is 530 g/mol. The maximum atomic E-state index is 13.4. The third-order valence-electron chi connectivity index (χ3n) is 6.45. The second kappa shape index (κ2) is 9.29. The SMILES string of the molecule is C[C@H]1CCc2sc(C(=O)NNC(=O)c3ccc(Cl)c(S(=O)(=O)N4CCc5ccccc54)c3)cc2C1. The molecule has 35 heavy (non-hydrogen) atoms. The first-order chi connectivity index (χ1) is 16.7. The highest BCUT2D eigenvalue weighted by Gasteiger charge is 2.32. The van der Waals surface area contributed by atoms with Crippen molar-refractivity contribution in [3.05, 3.63) is 80.0 Å². The summed E-state index contributed by atoms with van der Waals surface area (Å²) in [7, 11) is -3.98. The van der Waals surface area contributed by atoms with Gasteiger partial charge in [0.2, 0.25) is 0 Å². The molecule has 0 unspecified atom stereocenters. The smallest absolute Gasteiger partial charge is 0.267 e. The second-order valence-electron chi connectivity index (χ2n) is 8.92. The number of anilines is 1. The van der Waals surface area contributed by atoms with Crippen LogP contribution >= 0.6 is 22.9 Å². The van der Waals surface area contributed by atoms with Crippen molar-refractivity contribution in [2.75, 3.05) is 10.8 Å². The maximum Gasteiger partial charge on any atom is 0.279 e. The lowest BCUT2D eigenvalue weighted by atomic mass is 9.90. The van der Waals surface area contributed by atoms with Crippen LogP contribution < -0.4 is 15.2 Å². The van der Waals surface area contributed by atoms with Gasteiger partial charge in [-0.15, -0.1) is 11.3 Å². The van der Waals surface area contributed by atoms with Crippen molar-refractivity contribution in [1.82, 2.24) is 10.9 Å². The Morgan fingerprint density at radius 1 is 1.03 bits per heavy atom. The molecule has 0 saturated heterocycles. The normalized spacial score (nSPS) is 17.0. The summed E-state index contributed by atoms with van der Waals surface area (Å²) in [5.41, 5.74) is 7.64. The van der Waals surface area contributed by atoms with Crippen LogP contribution in [0.1, 0.15) is 49.4 Å². The van der Waals surface area contributed by atoms with Crippen molar-refractivity contribution in [3.63, 3.8) is 0 Å². The van der Waals surface area contributed by atoms with E-state index in [1.165, 1.54) is 44.3 Å². The number of thiophene rings is 1. The van der Waals surface area contributed by atoms with E-state index in [9.17, 15) is 18.0 Å². The molecule has 0 fully saturated rings. The zero-order chi connectivity index (χ0) is 24.7. The van der Waals surface area contributed by atoms with Crippen molar-refractivity contribution < 1.29 is 18.0 Å². The number of sulfonamides is 1. The summed E-state index contributed by atoms with van der Waals surface area (Å²) >= 11 is 7.70. The average Bonchev–Trinajstić information content (AvgIpc) is 3.47. The molecule has 0 bridgehead atoms. The molecule has 1 atom stereocenters. The van der Waals surface area contributed by atoms with E-state index in [1.807, 2.05) is 18.2 Å². The third kappa shape index (κ3) is 4.55. The Hall–Kier alpha value is -2.88. The molecule has 0 radical (unpaired) electrons. The highest BCUT2D eigenvalue weighted by Crippen LogP contribution is 2.35. The fourth-order valence-corrected chi connectivity index (χ4v) is 7.69.